The third-order valence-corrected chi connectivity index (χ3v) is 7.80. The molecule has 3 aromatic heterocycles. The van der Waals surface area contributed by atoms with Gasteiger partial charge in [-0.1, -0.05) is 19.9 Å². The lowest BCUT2D eigenvalue weighted by atomic mass is 9.84. The van der Waals surface area contributed by atoms with Crippen molar-refractivity contribution >= 4 is 23.2 Å². The number of aliphatic imine (C=N–C) groups is 1. The Labute approximate surface area is 220 Å². The number of carbonyl (C=O) groups is 1. The smallest absolute Gasteiger partial charge is 0.275 e. The third-order valence-electron chi connectivity index (χ3n) is 7.80. The Balaban J connectivity index is 1.30. The van der Waals surface area contributed by atoms with Crippen LogP contribution in [0.1, 0.15) is 47.1 Å². The van der Waals surface area contributed by atoms with Gasteiger partial charge in [0.15, 0.2) is 0 Å². The molecule has 0 spiro atoms. The van der Waals surface area contributed by atoms with Gasteiger partial charge in [-0.2, -0.15) is 0 Å². The molecule has 0 saturated heterocycles. The van der Waals surface area contributed by atoms with Crippen LogP contribution < -0.4 is 10.9 Å². The lowest BCUT2D eigenvalue weighted by Crippen LogP contribution is -2.49. The molecular formula is C28H31N7O3. The molecule has 2 aliphatic heterocycles. The molecule has 2 N–H and O–H groups in total. The van der Waals surface area contributed by atoms with Gasteiger partial charge >= 0.3 is 0 Å². The maximum absolute atomic E-state index is 13.7. The average Bonchev–Trinajstić information content (AvgIpc) is 3.39. The van der Waals surface area contributed by atoms with Crippen LogP contribution in [-0.4, -0.2) is 54.0 Å². The number of rotatable bonds is 4. The fourth-order valence-corrected chi connectivity index (χ4v) is 6.05. The van der Waals surface area contributed by atoms with E-state index < -0.39 is 5.92 Å². The summed E-state index contributed by atoms with van der Waals surface area (Å²) in [6.07, 6.45) is 10.3. The number of aliphatic hydroxyl groups excluding tert-OH is 1. The average molecular weight is 514 g/mol. The van der Waals surface area contributed by atoms with Crippen LogP contribution >= 0.6 is 0 Å². The molecule has 3 aromatic rings. The number of carbonyl (C=O) groups excluding carboxylic acids is 1. The molecule has 0 aromatic carbocycles. The number of allylic oxidation sites excluding steroid dienone is 1. The molecule has 3 aliphatic rings. The molecule has 10 nitrogen and oxygen atoms in total. The topological polar surface area (TPSA) is 118 Å². The van der Waals surface area contributed by atoms with E-state index in [2.05, 4.69) is 38.7 Å². The van der Waals surface area contributed by atoms with Crippen molar-refractivity contribution < 1.29 is 9.90 Å². The van der Waals surface area contributed by atoms with E-state index in [-0.39, 0.29) is 29.4 Å². The summed E-state index contributed by atoms with van der Waals surface area (Å²) in [5, 5.41) is 13.6. The highest BCUT2D eigenvalue weighted by Gasteiger charge is 2.40. The minimum atomic E-state index is -0.444. The van der Waals surface area contributed by atoms with E-state index >= 15 is 0 Å². The first-order chi connectivity index (χ1) is 18.3. The van der Waals surface area contributed by atoms with Crippen molar-refractivity contribution in [2.45, 2.75) is 39.2 Å². The predicted molar refractivity (Wildman–Crippen MR) is 144 cm³/mol. The molecule has 196 valence electrons. The van der Waals surface area contributed by atoms with E-state index in [1.807, 2.05) is 12.1 Å². The van der Waals surface area contributed by atoms with Crippen LogP contribution in [0.4, 0.5) is 11.5 Å². The van der Waals surface area contributed by atoms with Gasteiger partial charge in [0.2, 0.25) is 0 Å². The van der Waals surface area contributed by atoms with Gasteiger partial charge in [-0.3, -0.25) is 14.5 Å². The zero-order valence-corrected chi connectivity index (χ0v) is 21.8. The predicted octanol–water partition coefficient (Wildman–Crippen LogP) is 2.62. The van der Waals surface area contributed by atoms with Crippen molar-refractivity contribution in [3.8, 4) is 0 Å². The number of aromatic nitrogens is 4. The monoisotopic (exact) mass is 513 g/mol. The van der Waals surface area contributed by atoms with Crippen LogP contribution in [0.15, 0.2) is 59.0 Å². The number of fused-ring (bicyclic) bond motifs is 3. The second-order valence-corrected chi connectivity index (χ2v) is 11.1. The number of amides is 1. The molecule has 10 heteroatoms. The molecule has 38 heavy (non-hydrogen) atoms. The highest BCUT2D eigenvalue weighted by Crippen LogP contribution is 2.40. The molecule has 0 radical (unpaired) electrons. The maximum atomic E-state index is 13.7. The van der Waals surface area contributed by atoms with Gasteiger partial charge < -0.3 is 19.6 Å². The summed E-state index contributed by atoms with van der Waals surface area (Å²) in [6.45, 7) is 5.53. The maximum Gasteiger partial charge on any atom is 0.275 e. The summed E-state index contributed by atoms with van der Waals surface area (Å²) < 4.78 is 3.68. The molecule has 2 unspecified atom stereocenters. The lowest BCUT2D eigenvalue weighted by Gasteiger charge is -2.36. The summed E-state index contributed by atoms with van der Waals surface area (Å²) in [5.74, 6) is 0.253. The van der Waals surface area contributed by atoms with Gasteiger partial charge in [0, 0.05) is 50.3 Å². The van der Waals surface area contributed by atoms with Crippen LogP contribution in [-0.2, 0) is 26.4 Å². The summed E-state index contributed by atoms with van der Waals surface area (Å²) in [7, 11) is 1.69. The summed E-state index contributed by atoms with van der Waals surface area (Å²) >= 11 is 0. The van der Waals surface area contributed by atoms with Gasteiger partial charge in [-0.25, -0.2) is 15.0 Å². The number of hydrogen-bond donors (Lipinski definition) is 2. The molecule has 0 saturated carbocycles. The minimum absolute atomic E-state index is 0.0821. The Hall–Kier alpha value is -4.05. The minimum Gasteiger partial charge on any atom is -0.396 e. The van der Waals surface area contributed by atoms with Gasteiger partial charge in [-0.05, 0) is 47.6 Å². The Morgan fingerprint density at radius 1 is 1.18 bits per heavy atom. The first kappa shape index (κ1) is 24.3. The van der Waals surface area contributed by atoms with E-state index in [1.54, 1.807) is 42.7 Å². The van der Waals surface area contributed by atoms with E-state index in [0.717, 1.165) is 18.4 Å². The van der Waals surface area contributed by atoms with Crippen LogP contribution in [0, 0.1) is 11.3 Å². The molecule has 5 heterocycles. The number of nitrogens with one attached hydrogen (secondary N) is 1. The van der Waals surface area contributed by atoms with E-state index in [9.17, 15) is 14.7 Å². The SMILES string of the molecule is Cn1cc(C2C=CN=C(N3CCn4c(cc5c4CC(C)(C)C5)C3=O)C2CO)cc(Nc2ccncn2)c1=O. The normalized spacial score (nSPS) is 21.7. The second kappa shape index (κ2) is 9.05. The summed E-state index contributed by atoms with van der Waals surface area (Å²) in [4.78, 5) is 40.9. The fraction of sp³-hybridized carbons (Fsp3) is 0.393. The molecule has 6 rings (SSSR count). The number of anilines is 2. The largest absolute Gasteiger partial charge is 0.396 e. The molecule has 1 amide bonds. The second-order valence-electron chi connectivity index (χ2n) is 11.1. The third kappa shape index (κ3) is 4.05. The first-order valence-electron chi connectivity index (χ1n) is 12.9. The molecule has 2 atom stereocenters. The highest BCUT2D eigenvalue weighted by molar-refractivity contribution is 6.08. The van der Waals surface area contributed by atoms with Crippen molar-refractivity contribution in [1.29, 1.82) is 0 Å². The first-order valence-corrected chi connectivity index (χ1v) is 12.9. The van der Waals surface area contributed by atoms with Gasteiger partial charge in [0.05, 0.1) is 12.5 Å². The van der Waals surface area contributed by atoms with Gasteiger partial charge in [0.25, 0.3) is 11.5 Å². The van der Waals surface area contributed by atoms with Crippen LogP contribution in [0.3, 0.4) is 0 Å². The summed E-state index contributed by atoms with van der Waals surface area (Å²) in [5.41, 5.74) is 4.43. The molecule has 0 bridgehead atoms. The van der Waals surface area contributed by atoms with Crippen molar-refractivity contribution in [2.75, 3.05) is 18.5 Å². The Morgan fingerprint density at radius 3 is 2.79 bits per heavy atom. The number of aryl methyl sites for hydroxylation is 1. The number of amidine groups is 1. The molecule has 1 aliphatic carbocycles. The van der Waals surface area contributed by atoms with Crippen LogP contribution in [0.2, 0.25) is 0 Å². The van der Waals surface area contributed by atoms with Gasteiger partial charge in [-0.15, -0.1) is 0 Å². The lowest BCUT2D eigenvalue weighted by molar-refractivity contribution is 0.0793. The zero-order valence-electron chi connectivity index (χ0n) is 21.8. The number of nitrogens with zero attached hydrogens (tertiary/aromatic N) is 6. The number of aliphatic hydroxyl groups is 1. The summed E-state index contributed by atoms with van der Waals surface area (Å²) in [6, 6.07) is 5.50. The van der Waals surface area contributed by atoms with Crippen molar-refractivity contribution in [3.63, 3.8) is 0 Å². The van der Waals surface area contributed by atoms with E-state index in [1.165, 1.54) is 22.2 Å². The molecular weight excluding hydrogens is 482 g/mol. The highest BCUT2D eigenvalue weighted by atomic mass is 16.3. The van der Waals surface area contributed by atoms with E-state index in [0.29, 0.717) is 36.1 Å². The Morgan fingerprint density at radius 2 is 2.03 bits per heavy atom. The Bertz CT molecular complexity index is 1530. The quantitative estimate of drug-likeness (QED) is 0.554. The van der Waals surface area contributed by atoms with Crippen LogP contribution in [0.25, 0.3) is 0 Å². The number of pyridine rings is 1. The molecule has 0 fully saturated rings. The van der Waals surface area contributed by atoms with Crippen molar-refractivity contribution in [3.05, 3.63) is 82.1 Å². The van der Waals surface area contributed by atoms with E-state index in [4.69, 9.17) is 0 Å². The van der Waals surface area contributed by atoms with Crippen LogP contribution in [0.5, 0.6) is 0 Å². The fourth-order valence-electron chi connectivity index (χ4n) is 6.05. The zero-order chi connectivity index (χ0) is 26.6. The van der Waals surface area contributed by atoms with Crippen molar-refractivity contribution in [1.82, 2.24) is 24.0 Å². The number of hydrogen-bond acceptors (Lipinski definition) is 7. The Kier molecular flexibility index (Phi) is 5.79. The standard InChI is InChI=1S/C28H31N7O3/c1-28(2)12-17-11-22-27(38)35(9-8-34(22)23(17)13-28)25-20(15-36)19(4-7-30-25)18-10-21(26(37)33(3)14-18)32-24-5-6-29-16-31-24/h4-7,10-11,14,16,19-20,36H,8-9,12-13,15H2,1-3H3,(H,29,31,32). The van der Waals surface area contributed by atoms with Crippen molar-refractivity contribution in [2.24, 2.45) is 23.4 Å². The van der Waals surface area contributed by atoms with Gasteiger partial charge in [0.1, 0.15) is 29.4 Å².